The molecule has 2 rings (SSSR count). The van der Waals surface area contributed by atoms with Crippen molar-refractivity contribution in [2.75, 3.05) is 13.6 Å². The highest BCUT2D eigenvalue weighted by Crippen LogP contribution is 2.17. The van der Waals surface area contributed by atoms with Gasteiger partial charge in [0, 0.05) is 31.4 Å². The molecule has 0 fully saturated rings. The average Bonchev–Trinajstić information content (AvgIpc) is 2.89. The third-order valence-corrected chi connectivity index (χ3v) is 4.17. The summed E-state index contributed by atoms with van der Waals surface area (Å²) in [5.41, 5.74) is 4.51. The van der Waals surface area contributed by atoms with E-state index in [1.165, 1.54) is 24.8 Å². The summed E-state index contributed by atoms with van der Waals surface area (Å²) in [7, 11) is 1.81. The molecule has 0 aliphatic carbocycles. The zero-order valence-electron chi connectivity index (χ0n) is 15.7. The lowest BCUT2D eigenvalue weighted by molar-refractivity contribution is 0.682. The molecule has 0 atom stereocenters. The Balaban J connectivity index is 0.00000312. The fraction of sp³-hybridized carbons (Fsp3) is 0.474. The Morgan fingerprint density at radius 1 is 1.12 bits per heavy atom. The summed E-state index contributed by atoms with van der Waals surface area (Å²) in [5, 5.41) is 11.4. The van der Waals surface area contributed by atoms with Gasteiger partial charge in [-0.2, -0.15) is 5.10 Å². The number of para-hydroxylation sites is 1. The van der Waals surface area contributed by atoms with Gasteiger partial charge < -0.3 is 10.6 Å². The van der Waals surface area contributed by atoms with Crippen LogP contribution in [0, 0.1) is 13.8 Å². The van der Waals surface area contributed by atoms with Crippen LogP contribution in [-0.4, -0.2) is 29.3 Å². The number of hydrogen-bond donors (Lipinski definition) is 2. The van der Waals surface area contributed by atoms with Crippen LogP contribution in [-0.2, 0) is 6.54 Å². The largest absolute Gasteiger partial charge is 0.356 e. The lowest BCUT2D eigenvalue weighted by Gasteiger charge is -2.12. The minimum absolute atomic E-state index is 0. The second-order valence-corrected chi connectivity index (χ2v) is 5.96. The van der Waals surface area contributed by atoms with E-state index in [2.05, 4.69) is 53.6 Å². The summed E-state index contributed by atoms with van der Waals surface area (Å²) in [5.74, 6) is 0.845. The van der Waals surface area contributed by atoms with E-state index in [1.54, 1.807) is 0 Å². The number of rotatable bonds is 7. The van der Waals surface area contributed by atoms with E-state index >= 15 is 0 Å². The van der Waals surface area contributed by atoms with Crippen LogP contribution in [0.2, 0.25) is 0 Å². The molecule has 25 heavy (non-hydrogen) atoms. The van der Waals surface area contributed by atoms with Crippen LogP contribution in [0.4, 0.5) is 0 Å². The summed E-state index contributed by atoms with van der Waals surface area (Å²) < 4.78 is 2.00. The molecule has 0 aliphatic rings. The van der Waals surface area contributed by atoms with Crippen LogP contribution >= 0.6 is 24.0 Å². The zero-order valence-corrected chi connectivity index (χ0v) is 18.0. The number of hydrogen-bond acceptors (Lipinski definition) is 2. The second-order valence-electron chi connectivity index (χ2n) is 5.96. The number of unbranched alkanes of at least 4 members (excludes halogenated alkanes) is 2. The minimum atomic E-state index is 0. The Labute approximate surface area is 168 Å². The van der Waals surface area contributed by atoms with Crippen LogP contribution in [0.25, 0.3) is 5.69 Å². The Bertz CT molecular complexity index is 664. The van der Waals surface area contributed by atoms with E-state index in [0.29, 0.717) is 0 Å². The number of nitrogens with zero attached hydrogens (tertiary/aromatic N) is 3. The SMILES string of the molecule is CCCCCNC(=NC)NCc1c(C)nn(-c2ccccc2)c1C.I. The predicted molar refractivity (Wildman–Crippen MR) is 116 cm³/mol. The number of benzene rings is 1. The molecule has 5 nitrogen and oxygen atoms in total. The molecule has 138 valence electrons. The molecule has 0 saturated heterocycles. The van der Waals surface area contributed by atoms with Crippen LogP contribution < -0.4 is 10.6 Å². The van der Waals surface area contributed by atoms with Crippen molar-refractivity contribution in [3.05, 3.63) is 47.3 Å². The third-order valence-electron chi connectivity index (χ3n) is 4.17. The second kappa shape index (κ2) is 11.1. The van der Waals surface area contributed by atoms with Crippen LogP contribution in [0.5, 0.6) is 0 Å². The summed E-state index contributed by atoms with van der Waals surface area (Å²) in [6.07, 6.45) is 3.64. The number of guanidine groups is 1. The van der Waals surface area contributed by atoms with Gasteiger partial charge in [-0.1, -0.05) is 38.0 Å². The van der Waals surface area contributed by atoms with Crippen molar-refractivity contribution in [3.63, 3.8) is 0 Å². The summed E-state index contributed by atoms with van der Waals surface area (Å²) in [6, 6.07) is 10.2. The fourth-order valence-electron chi connectivity index (χ4n) is 2.73. The smallest absolute Gasteiger partial charge is 0.191 e. The zero-order chi connectivity index (χ0) is 17.4. The molecular formula is C19H30IN5. The normalized spacial score (nSPS) is 11.1. The average molecular weight is 455 g/mol. The highest BCUT2D eigenvalue weighted by molar-refractivity contribution is 14.0. The molecule has 1 heterocycles. The molecule has 0 aliphatic heterocycles. The Kier molecular flexibility index (Phi) is 9.55. The lowest BCUT2D eigenvalue weighted by Crippen LogP contribution is -2.37. The van der Waals surface area contributed by atoms with Crippen molar-refractivity contribution in [2.24, 2.45) is 4.99 Å². The van der Waals surface area contributed by atoms with Gasteiger partial charge in [-0.3, -0.25) is 4.99 Å². The highest BCUT2D eigenvalue weighted by atomic mass is 127. The van der Waals surface area contributed by atoms with Gasteiger partial charge in [0.2, 0.25) is 0 Å². The molecular weight excluding hydrogens is 425 g/mol. The fourth-order valence-corrected chi connectivity index (χ4v) is 2.73. The maximum Gasteiger partial charge on any atom is 0.191 e. The van der Waals surface area contributed by atoms with E-state index in [0.717, 1.165) is 36.1 Å². The molecule has 0 unspecified atom stereocenters. The maximum atomic E-state index is 4.69. The van der Waals surface area contributed by atoms with Crippen LogP contribution in [0.3, 0.4) is 0 Å². The van der Waals surface area contributed by atoms with Crippen LogP contribution in [0.15, 0.2) is 35.3 Å². The first kappa shape index (κ1) is 21.5. The number of aryl methyl sites for hydroxylation is 1. The van der Waals surface area contributed by atoms with Gasteiger partial charge in [0.15, 0.2) is 5.96 Å². The van der Waals surface area contributed by atoms with Crippen molar-refractivity contribution >= 4 is 29.9 Å². The third kappa shape index (κ3) is 6.02. The molecule has 0 saturated carbocycles. The van der Waals surface area contributed by atoms with Crippen molar-refractivity contribution < 1.29 is 0 Å². The maximum absolute atomic E-state index is 4.69. The molecule has 1 aromatic carbocycles. The standard InChI is InChI=1S/C19H29N5.HI/c1-5-6-10-13-21-19(20-4)22-14-18-15(2)23-24(16(18)3)17-11-8-7-9-12-17;/h7-9,11-12H,5-6,10,13-14H2,1-4H3,(H2,20,21,22);1H. The Morgan fingerprint density at radius 3 is 2.48 bits per heavy atom. The number of nitrogens with one attached hydrogen (secondary N) is 2. The molecule has 1 aromatic heterocycles. The molecule has 6 heteroatoms. The van der Waals surface area contributed by atoms with E-state index in [4.69, 9.17) is 0 Å². The first-order valence-corrected chi connectivity index (χ1v) is 8.72. The lowest BCUT2D eigenvalue weighted by atomic mass is 10.2. The monoisotopic (exact) mass is 455 g/mol. The topological polar surface area (TPSA) is 54.2 Å². The Morgan fingerprint density at radius 2 is 1.84 bits per heavy atom. The van der Waals surface area contributed by atoms with E-state index in [-0.39, 0.29) is 24.0 Å². The van der Waals surface area contributed by atoms with Gasteiger partial charge in [-0.25, -0.2) is 4.68 Å². The van der Waals surface area contributed by atoms with Crippen molar-refractivity contribution in [1.29, 1.82) is 0 Å². The van der Waals surface area contributed by atoms with Gasteiger partial charge in [-0.05, 0) is 32.4 Å². The van der Waals surface area contributed by atoms with Crippen molar-refractivity contribution in [3.8, 4) is 5.69 Å². The molecule has 0 spiro atoms. The van der Waals surface area contributed by atoms with E-state index in [1.807, 2.05) is 29.9 Å². The molecule has 0 bridgehead atoms. The van der Waals surface area contributed by atoms with Gasteiger partial charge in [0.05, 0.1) is 11.4 Å². The number of aromatic nitrogens is 2. The van der Waals surface area contributed by atoms with Crippen molar-refractivity contribution in [2.45, 2.75) is 46.6 Å². The predicted octanol–water partition coefficient (Wildman–Crippen LogP) is 3.96. The first-order valence-electron chi connectivity index (χ1n) is 8.72. The summed E-state index contributed by atoms with van der Waals surface area (Å²) >= 11 is 0. The summed E-state index contributed by atoms with van der Waals surface area (Å²) in [6.45, 7) is 8.05. The molecule has 0 amide bonds. The summed E-state index contributed by atoms with van der Waals surface area (Å²) in [4.78, 5) is 4.29. The van der Waals surface area contributed by atoms with E-state index in [9.17, 15) is 0 Å². The van der Waals surface area contributed by atoms with Gasteiger partial charge in [0.1, 0.15) is 0 Å². The number of aliphatic imine (C=N–C) groups is 1. The van der Waals surface area contributed by atoms with Gasteiger partial charge >= 0.3 is 0 Å². The first-order chi connectivity index (χ1) is 11.7. The van der Waals surface area contributed by atoms with Crippen LogP contribution in [0.1, 0.15) is 43.1 Å². The molecule has 2 aromatic rings. The highest BCUT2D eigenvalue weighted by Gasteiger charge is 2.12. The van der Waals surface area contributed by atoms with E-state index < -0.39 is 0 Å². The van der Waals surface area contributed by atoms with Gasteiger partial charge in [-0.15, -0.1) is 24.0 Å². The molecule has 2 N–H and O–H groups in total. The van der Waals surface area contributed by atoms with Crippen molar-refractivity contribution in [1.82, 2.24) is 20.4 Å². The molecule has 0 radical (unpaired) electrons. The quantitative estimate of drug-likeness (QED) is 0.288. The Hall–Kier alpha value is -1.57. The minimum Gasteiger partial charge on any atom is -0.356 e. The van der Waals surface area contributed by atoms with Gasteiger partial charge in [0.25, 0.3) is 0 Å². The number of halogens is 1.